The van der Waals surface area contributed by atoms with Crippen LogP contribution in [0.25, 0.3) is 0 Å². The third kappa shape index (κ3) is 2.76. The summed E-state index contributed by atoms with van der Waals surface area (Å²) in [6.07, 6.45) is 8.30. The Bertz CT molecular complexity index is 291. The van der Waals surface area contributed by atoms with Crippen molar-refractivity contribution in [3.63, 3.8) is 0 Å². The first-order valence-corrected chi connectivity index (χ1v) is 6.15. The van der Waals surface area contributed by atoms with E-state index in [0.717, 1.165) is 19.5 Å². The van der Waals surface area contributed by atoms with Crippen molar-refractivity contribution in [2.75, 3.05) is 13.1 Å². The van der Waals surface area contributed by atoms with Crippen LogP contribution in [0.1, 0.15) is 26.2 Å². The molecular formula is C12H17NS. The van der Waals surface area contributed by atoms with Crippen molar-refractivity contribution in [1.29, 1.82) is 0 Å². The Morgan fingerprint density at radius 3 is 2.79 bits per heavy atom. The Labute approximate surface area is 90.3 Å². The molecule has 0 spiro atoms. The molecule has 2 heterocycles. The molecule has 0 aromatic carbocycles. The van der Waals surface area contributed by atoms with E-state index in [1.165, 1.54) is 23.3 Å². The van der Waals surface area contributed by atoms with Crippen molar-refractivity contribution in [2.24, 2.45) is 0 Å². The van der Waals surface area contributed by atoms with Crippen LogP contribution in [0, 0.1) is 0 Å². The molecule has 2 aliphatic heterocycles. The molecule has 2 aliphatic rings. The summed E-state index contributed by atoms with van der Waals surface area (Å²) in [5.41, 5.74) is 3.08. The molecule has 1 N–H and O–H groups in total. The molecule has 0 atom stereocenters. The fourth-order valence-electron chi connectivity index (χ4n) is 1.71. The first kappa shape index (κ1) is 10.1. The molecule has 14 heavy (non-hydrogen) atoms. The summed E-state index contributed by atoms with van der Waals surface area (Å²) in [5, 5.41) is 5.65. The Morgan fingerprint density at radius 1 is 1.36 bits per heavy atom. The molecule has 0 unspecified atom stereocenters. The van der Waals surface area contributed by atoms with E-state index in [-0.39, 0.29) is 0 Å². The lowest BCUT2D eigenvalue weighted by Crippen LogP contribution is -2.23. The van der Waals surface area contributed by atoms with Crippen LogP contribution < -0.4 is 5.32 Å². The summed E-state index contributed by atoms with van der Waals surface area (Å²) in [5.74, 6) is 0. The van der Waals surface area contributed by atoms with Crippen molar-refractivity contribution in [3.05, 3.63) is 33.6 Å². The van der Waals surface area contributed by atoms with Crippen molar-refractivity contribution in [3.8, 4) is 0 Å². The van der Waals surface area contributed by atoms with Crippen LogP contribution >= 0.6 is 11.8 Å². The lowest BCUT2D eigenvalue weighted by Gasteiger charge is -2.16. The summed E-state index contributed by atoms with van der Waals surface area (Å²) in [6.45, 7) is 4.50. The lowest BCUT2D eigenvalue weighted by atomic mass is 10.0. The minimum atomic E-state index is 1.13. The molecule has 0 saturated carbocycles. The van der Waals surface area contributed by atoms with Gasteiger partial charge in [-0.2, -0.15) is 0 Å². The highest BCUT2D eigenvalue weighted by atomic mass is 32.2. The number of rotatable bonds is 1. The maximum absolute atomic E-state index is 3.38. The van der Waals surface area contributed by atoms with Gasteiger partial charge in [0, 0.05) is 4.91 Å². The van der Waals surface area contributed by atoms with E-state index < -0.39 is 0 Å². The van der Waals surface area contributed by atoms with Crippen molar-refractivity contribution < 1.29 is 0 Å². The average molecular weight is 207 g/mol. The van der Waals surface area contributed by atoms with E-state index in [2.05, 4.69) is 29.8 Å². The number of piperidine rings is 1. The van der Waals surface area contributed by atoms with Gasteiger partial charge < -0.3 is 5.32 Å². The first-order chi connectivity index (χ1) is 6.84. The second-order valence-corrected chi connectivity index (χ2v) is 4.89. The largest absolute Gasteiger partial charge is 0.316 e. The Balaban J connectivity index is 1.96. The minimum absolute atomic E-state index is 1.13. The molecule has 2 rings (SSSR count). The standard InChI is InChI=1S/C12H17NS/c1-10-2-3-12(14-9-10)8-11-4-6-13-7-5-11/h3,8-9,13H,2,4-7H2,1H3. The number of hydrogen-bond acceptors (Lipinski definition) is 2. The van der Waals surface area contributed by atoms with Gasteiger partial charge in [0.1, 0.15) is 0 Å². The molecule has 0 aromatic heterocycles. The van der Waals surface area contributed by atoms with Crippen molar-refractivity contribution in [1.82, 2.24) is 5.32 Å². The number of nitrogens with one attached hydrogen (secondary N) is 1. The highest BCUT2D eigenvalue weighted by Gasteiger charge is 2.06. The van der Waals surface area contributed by atoms with E-state index in [0.29, 0.717) is 0 Å². The van der Waals surface area contributed by atoms with Crippen LogP contribution in [0.4, 0.5) is 0 Å². The molecule has 0 amide bonds. The third-order valence-electron chi connectivity index (χ3n) is 2.61. The van der Waals surface area contributed by atoms with Gasteiger partial charge in [0.05, 0.1) is 0 Å². The number of allylic oxidation sites excluding steroid dienone is 3. The molecule has 1 fully saturated rings. The zero-order chi connectivity index (χ0) is 9.80. The highest BCUT2D eigenvalue weighted by Crippen LogP contribution is 2.29. The number of thioether (sulfide) groups is 1. The summed E-state index contributed by atoms with van der Waals surface area (Å²) >= 11 is 1.87. The van der Waals surface area contributed by atoms with Crippen LogP contribution in [0.2, 0.25) is 0 Å². The Kier molecular flexibility index (Phi) is 3.49. The van der Waals surface area contributed by atoms with E-state index in [9.17, 15) is 0 Å². The Hall–Kier alpha value is -0.470. The van der Waals surface area contributed by atoms with Gasteiger partial charge in [0.2, 0.25) is 0 Å². The maximum atomic E-state index is 3.38. The number of hydrogen-bond donors (Lipinski definition) is 1. The fraction of sp³-hybridized carbons (Fsp3) is 0.500. The molecule has 1 saturated heterocycles. The molecule has 0 aromatic rings. The van der Waals surface area contributed by atoms with Crippen molar-refractivity contribution >= 4 is 11.8 Å². The predicted molar refractivity (Wildman–Crippen MR) is 64.2 cm³/mol. The smallest absolute Gasteiger partial charge is 0.00787 e. The normalized spacial score (nSPS) is 22.8. The summed E-state index contributed by atoms with van der Waals surface area (Å²) in [7, 11) is 0. The second kappa shape index (κ2) is 4.85. The summed E-state index contributed by atoms with van der Waals surface area (Å²) < 4.78 is 0. The van der Waals surface area contributed by atoms with Crippen molar-refractivity contribution in [2.45, 2.75) is 26.2 Å². The molecular weight excluding hydrogens is 190 g/mol. The zero-order valence-electron chi connectivity index (χ0n) is 8.68. The van der Waals surface area contributed by atoms with E-state index in [1.807, 2.05) is 11.8 Å². The molecule has 0 bridgehead atoms. The van der Waals surface area contributed by atoms with E-state index in [4.69, 9.17) is 0 Å². The van der Waals surface area contributed by atoms with Crippen LogP contribution in [0.3, 0.4) is 0 Å². The average Bonchev–Trinajstić information content (AvgIpc) is 2.23. The first-order valence-electron chi connectivity index (χ1n) is 5.27. The van der Waals surface area contributed by atoms with Gasteiger partial charge in [-0.1, -0.05) is 29.0 Å². The van der Waals surface area contributed by atoms with Gasteiger partial charge in [-0.3, -0.25) is 0 Å². The zero-order valence-corrected chi connectivity index (χ0v) is 9.49. The molecule has 2 heteroatoms. The van der Waals surface area contributed by atoms with Crippen LogP contribution in [-0.4, -0.2) is 13.1 Å². The van der Waals surface area contributed by atoms with E-state index >= 15 is 0 Å². The monoisotopic (exact) mass is 207 g/mol. The van der Waals surface area contributed by atoms with Crippen LogP contribution in [0.15, 0.2) is 33.6 Å². The Morgan fingerprint density at radius 2 is 2.14 bits per heavy atom. The van der Waals surface area contributed by atoms with E-state index in [1.54, 1.807) is 5.57 Å². The van der Waals surface area contributed by atoms with Gasteiger partial charge in [-0.25, -0.2) is 0 Å². The quantitative estimate of drug-likeness (QED) is 0.708. The molecule has 0 radical (unpaired) electrons. The molecule has 0 aliphatic carbocycles. The topological polar surface area (TPSA) is 12.0 Å². The lowest BCUT2D eigenvalue weighted by molar-refractivity contribution is 0.610. The molecule has 76 valence electrons. The van der Waals surface area contributed by atoms with Crippen LogP contribution in [0.5, 0.6) is 0 Å². The van der Waals surface area contributed by atoms with Crippen LogP contribution in [-0.2, 0) is 0 Å². The summed E-state index contributed by atoms with van der Waals surface area (Å²) in [4.78, 5) is 1.44. The predicted octanol–water partition coefficient (Wildman–Crippen LogP) is 3.22. The van der Waals surface area contributed by atoms with Gasteiger partial charge in [-0.05, 0) is 50.8 Å². The minimum Gasteiger partial charge on any atom is -0.316 e. The second-order valence-electron chi connectivity index (χ2n) is 3.95. The summed E-state index contributed by atoms with van der Waals surface area (Å²) in [6, 6.07) is 0. The highest BCUT2D eigenvalue weighted by molar-refractivity contribution is 8.06. The van der Waals surface area contributed by atoms with Gasteiger partial charge in [-0.15, -0.1) is 0 Å². The SMILES string of the molecule is CC1=CSC(C=C2CCNCC2)=CC1. The fourth-order valence-corrected chi connectivity index (χ4v) is 2.56. The third-order valence-corrected chi connectivity index (χ3v) is 3.69. The van der Waals surface area contributed by atoms with Gasteiger partial charge >= 0.3 is 0 Å². The maximum Gasteiger partial charge on any atom is 0.00787 e. The molecule has 1 nitrogen and oxygen atoms in total. The van der Waals surface area contributed by atoms with Gasteiger partial charge in [0.25, 0.3) is 0 Å². The van der Waals surface area contributed by atoms with Gasteiger partial charge in [0.15, 0.2) is 0 Å².